The molecule has 0 atom stereocenters. The van der Waals surface area contributed by atoms with E-state index in [1.54, 1.807) is 10.8 Å². The van der Waals surface area contributed by atoms with Gasteiger partial charge in [-0.05, 0) is 25.5 Å². The van der Waals surface area contributed by atoms with Crippen molar-refractivity contribution in [1.82, 2.24) is 19.4 Å². The third-order valence-corrected chi connectivity index (χ3v) is 4.68. The molecule has 1 aliphatic heterocycles. The minimum Gasteiger partial charge on any atom is -0.348 e. The molecule has 7 heteroatoms. The van der Waals surface area contributed by atoms with E-state index in [-0.39, 0.29) is 11.5 Å². The number of fused-ring (bicyclic) bond motifs is 1. The average Bonchev–Trinajstić information content (AvgIpc) is 2.66. The Morgan fingerprint density at radius 3 is 2.64 bits per heavy atom. The summed E-state index contributed by atoms with van der Waals surface area (Å²) >= 11 is 0. The molecular formula is C18H25N5O2. The zero-order valence-electron chi connectivity index (χ0n) is 14.9. The summed E-state index contributed by atoms with van der Waals surface area (Å²) in [4.78, 5) is 37.7. The number of anilines is 1. The third kappa shape index (κ3) is 3.50. The van der Waals surface area contributed by atoms with Crippen molar-refractivity contribution >= 4 is 22.9 Å². The molecule has 3 rings (SSSR count). The van der Waals surface area contributed by atoms with Gasteiger partial charge in [0, 0.05) is 45.3 Å². The fourth-order valence-electron chi connectivity index (χ4n) is 3.22. The van der Waals surface area contributed by atoms with E-state index in [2.05, 4.69) is 16.9 Å². The van der Waals surface area contributed by atoms with Gasteiger partial charge >= 0.3 is 0 Å². The summed E-state index contributed by atoms with van der Waals surface area (Å²) < 4.78 is 1.66. The highest BCUT2D eigenvalue weighted by Gasteiger charge is 2.24. The number of nitrogens with zero attached hydrogens (tertiary/aromatic N) is 5. The van der Waals surface area contributed by atoms with Crippen LogP contribution in [0, 0.1) is 0 Å². The van der Waals surface area contributed by atoms with Crippen LogP contribution >= 0.6 is 0 Å². The van der Waals surface area contributed by atoms with Crippen LogP contribution in [0.15, 0.2) is 23.1 Å². The molecule has 1 fully saturated rings. The molecule has 0 unspecified atom stereocenters. The van der Waals surface area contributed by atoms with Crippen LogP contribution in [0.1, 0.15) is 33.1 Å². The largest absolute Gasteiger partial charge is 0.348 e. The fraction of sp³-hybridized carbons (Fsp3) is 0.556. The summed E-state index contributed by atoms with van der Waals surface area (Å²) in [5, 5.41) is 0. The normalized spacial score (nSPS) is 15.0. The summed E-state index contributed by atoms with van der Waals surface area (Å²) in [6, 6.07) is 3.70. The first-order valence-electron chi connectivity index (χ1n) is 9.04. The van der Waals surface area contributed by atoms with Crippen molar-refractivity contribution in [2.45, 2.75) is 39.7 Å². The molecule has 0 N–H and O–H groups in total. The van der Waals surface area contributed by atoms with E-state index in [0.29, 0.717) is 50.6 Å². The number of rotatable bonds is 5. The average molecular weight is 343 g/mol. The Bertz CT molecular complexity index is 809. The Kier molecular flexibility index (Phi) is 5.31. The first kappa shape index (κ1) is 17.4. The van der Waals surface area contributed by atoms with Gasteiger partial charge in [0.1, 0.15) is 5.52 Å². The second-order valence-corrected chi connectivity index (χ2v) is 6.30. The molecule has 0 aromatic carbocycles. The lowest BCUT2D eigenvalue weighted by atomic mass is 10.2. The lowest BCUT2D eigenvalue weighted by Gasteiger charge is -2.35. The summed E-state index contributed by atoms with van der Waals surface area (Å²) in [6.07, 6.45) is 4.24. The number of amides is 1. The van der Waals surface area contributed by atoms with Gasteiger partial charge in [-0.2, -0.15) is 0 Å². The molecule has 134 valence electrons. The van der Waals surface area contributed by atoms with Crippen LogP contribution in [0.5, 0.6) is 0 Å². The molecular weight excluding hydrogens is 318 g/mol. The smallest absolute Gasteiger partial charge is 0.295 e. The first-order chi connectivity index (χ1) is 12.2. The number of piperazine rings is 1. The van der Waals surface area contributed by atoms with Crippen molar-refractivity contribution in [2.75, 3.05) is 31.1 Å². The van der Waals surface area contributed by atoms with Crippen molar-refractivity contribution in [2.24, 2.45) is 0 Å². The molecule has 7 nitrogen and oxygen atoms in total. The number of hydrogen-bond donors (Lipinski definition) is 0. The van der Waals surface area contributed by atoms with E-state index in [1.165, 1.54) is 0 Å². The first-order valence-corrected chi connectivity index (χ1v) is 9.04. The Morgan fingerprint density at radius 1 is 1.20 bits per heavy atom. The van der Waals surface area contributed by atoms with Crippen molar-refractivity contribution in [1.29, 1.82) is 0 Å². The second kappa shape index (κ2) is 7.63. The number of carbonyl (C=O) groups excluding carboxylic acids is 1. The number of hydrogen-bond acceptors (Lipinski definition) is 5. The molecule has 25 heavy (non-hydrogen) atoms. The van der Waals surface area contributed by atoms with Crippen LogP contribution in [0.4, 0.5) is 5.82 Å². The van der Waals surface area contributed by atoms with Crippen molar-refractivity contribution in [3.05, 3.63) is 28.7 Å². The van der Waals surface area contributed by atoms with Gasteiger partial charge < -0.3 is 9.80 Å². The van der Waals surface area contributed by atoms with Gasteiger partial charge in [-0.15, -0.1) is 0 Å². The lowest BCUT2D eigenvalue weighted by molar-refractivity contribution is -0.131. The predicted octanol–water partition coefficient (Wildman–Crippen LogP) is 1.65. The van der Waals surface area contributed by atoms with Gasteiger partial charge in [-0.25, -0.2) is 9.97 Å². The molecule has 1 amide bonds. The summed E-state index contributed by atoms with van der Waals surface area (Å²) in [5.74, 6) is 0.672. The molecule has 0 spiro atoms. The Hall–Kier alpha value is -2.44. The molecule has 0 saturated carbocycles. The number of aromatic nitrogens is 3. The molecule has 0 aliphatic carbocycles. The van der Waals surface area contributed by atoms with Crippen LogP contribution in [-0.4, -0.2) is 51.5 Å². The molecule has 0 bridgehead atoms. The van der Waals surface area contributed by atoms with Crippen molar-refractivity contribution in [3.63, 3.8) is 0 Å². The van der Waals surface area contributed by atoms with Crippen LogP contribution in [0.3, 0.4) is 0 Å². The van der Waals surface area contributed by atoms with E-state index in [9.17, 15) is 9.59 Å². The molecule has 2 aromatic heterocycles. The van der Waals surface area contributed by atoms with Crippen LogP contribution < -0.4 is 10.5 Å². The minimum absolute atomic E-state index is 0.112. The second-order valence-electron chi connectivity index (χ2n) is 6.30. The molecule has 1 saturated heterocycles. The van der Waals surface area contributed by atoms with Crippen LogP contribution in [-0.2, 0) is 11.3 Å². The van der Waals surface area contributed by atoms with E-state index in [1.807, 2.05) is 28.9 Å². The van der Waals surface area contributed by atoms with Gasteiger partial charge in [0.05, 0.1) is 0 Å². The van der Waals surface area contributed by atoms with Gasteiger partial charge in [-0.3, -0.25) is 14.2 Å². The third-order valence-electron chi connectivity index (χ3n) is 4.68. The monoisotopic (exact) mass is 343 g/mol. The number of aryl methyl sites for hydroxylation is 1. The number of carbonyl (C=O) groups is 1. The molecule has 2 aromatic rings. The highest BCUT2D eigenvalue weighted by Crippen LogP contribution is 2.15. The molecule has 3 heterocycles. The fourth-order valence-corrected chi connectivity index (χ4v) is 3.22. The maximum Gasteiger partial charge on any atom is 0.295 e. The Balaban J connectivity index is 1.81. The Morgan fingerprint density at radius 2 is 1.96 bits per heavy atom. The maximum absolute atomic E-state index is 12.8. The van der Waals surface area contributed by atoms with Crippen molar-refractivity contribution < 1.29 is 4.79 Å². The minimum atomic E-state index is -0.112. The Labute approximate surface area is 147 Å². The van der Waals surface area contributed by atoms with E-state index >= 15 is 0 Å². The van der Waals surface area contributed by atoms with Crippen molar-refractivity contribution in [3.8, 4) is 0 Å². The van der Waals surface area contributed by atoms with E-state index in [0.717, 1.165) is 18.4 Å². The summed E-state index contributed by atoms with van der Waals surface area (Å²) in [7, 11) is 0. The topological polar surface area (TPSA) is 71.3 Å². The zero-order valence-corrected chi connectivity index (χ0v) is 14.9. The van der Waals surface area contributed by atoms with Gasteiger partial charge in [-0.1, -0.05) is 13.3 Å². The predicted molar refractivity (Wildman–Crippen MR) is 97.8 cm³/mol. The number of unbranched alkanes of at least 4 members (excludes halogenated alkanes) is 1. The van der Waals surface area contributed by atoms with E-state index in [4.69, 9.17) is 0 Å². The molecule has 1 aliphatic rings. The maximum atomic E-state index is 12.8. The SMILES string of the molecule is CCCCC(=O)N1CCN(c2nc3cccnc3n(CC)c2=O)CC1. The quantitative estimate of drug-likeness (QED) is 0.825. The highest BCUT2D eigenvalue weighted by molar-refractivity contribution is 5.76. The zero-order chi connectivity index (χ0) is 17.8. The number of pyridine rings is 1. The van der Waals surface area contributed by atoms with Gasteiger partial charge in [0.15, 0.2) is 11.5 Å². The summed E-state index contributed by atoms with van der Waals surface area (Å²) in [5.41, 5.74) is 1.23. The van der Waals surface area contributed by atoms with E-state index < -0.39 is 0 Å². The summed E-state index contributed by atoms with van der Waals surface area (Å²) in [6.45, 7) is 7.12. The van der Waals surface area contributed by atoms with Crippen LogP contribution in [0.2, 0.25) is 0 Å². The highest BCUT2D eigenvalue weighted by atomic mass is 16.2. The van der Waals surface area contributed by atoms with Crippen LogP contribution in [0.25, 0.3) is 11.2 Å². The standard InChI is InChI=1S/C18H25N5O2/c1-3-5-8-15(24)21-10-12-22(13-11-21)17-18(25)23(4-2)16-14(20-17)7-6-9-19-16/h6-7,9H,3-5,8,10-13H2,1-2H3. The lowest BCUT2D eigenvalue weighted by Crippen LogP contribution is -2.50. The molecule has 0 radical (unpaired) electrons. The van der Waals surface area contributed by atoms with Gasteiger partial charge in [0.2, 0.25) is 5.91 Å². The van der Waals surface area contributed by atoms with Gasteiger partial charge in [0.25, 0.3) is 5.56 Å².